The smallest absolute Gasteiger partial charge is 0.127 e. The molecule has 1 heterocycles. The number of fused-ring (bicyclic) bond motifs is 1. The molecular formula is C27H27NO. The normalized spacial score (nSPS) is 13.8. The zero-order chi connectivity index (χ0) is 20.3. The Morgan fingerprint density at radius 1 is 0.828 bits per heavy atom. The summed E-state index contributed by atoms with van der Waals surface area (Å²) in [6.45, 7) is 7.47. The van der Waals surface area contributed by atoms with Gasteiger partial charge in [0, 0.05) is 12.1 Å². The molecule has 0 spiro atoms. The Kier molecular flexibility index (Phi) is 5.35. The largest absolute Gasteiger partial charge is 0.457 e. The third kappa shape index (κ3) is 4.65. The SMILES string of the molecule is CC(C)(C)c1ccc(Oc2ccc3c(c2)CCN=C3C=Cc2ccccc2)cc1. The minimum Gasteiger partial charge on any atom is -0.457 e. The van der Waals surface area contributed by atoms with E-state index in [1.807, 2.05) is 24.3 Å². The van der Waals surface area contributed by atoms with Gasteiger partial charge in [0.2, 0.25) is 0 Å². The van der Waals surface area contributed by atoms with Gasteiger partial charge in [-0.25, -0.2) is 0 Å². The summed E-state index contributed by atoms with van der Waals surface area (Å²) >= 11 is 0. The lowest BCUT2D eigenvalue weighted by Crippen LogP contribution is -2.11. The summed E-state index contributed by atoms with van der Waals surface area (Å²) in [6.07, 6.45) is 5.17. The number of aliphatic imine (C=N–C) groups is 1. The van der Waals surface area contributed by atoms with Crippen LogP contribution in [0, 0.1) is 0 Å². The van der Waals surface area contributed by atoms with Crippen molar-refractivity contribution in [3.05, 3.63) is 101 Å². The molecule has 1 aliphatic rings. The van der Waals surface area contributed by atoms with Crippen molar-refractivity contribution in [3.8, 4) is 11.5 Å². The topological polar surface area (TPSA) is 21.6 Å². The highest BCUT2D eigenvalue weighted by Gasteiger charge is 2.15. The lowest BCUT2D eigenvalue weighted by atomic mass is 9.87. The minimum absolute atomic E-state index is 0.146. The van der Waals surface area contributed by atoms with Crippen LogP contribution in [0.25, 0.3) is 6.08 Å². The van der Waals surface area contributed by atoms with E-state index in [2.05, 4.69) is 81.5 Å². The first-order valence-electron chi connectivity index (χ1n) is 10.2. The van der Waals surface area contributed by atoms with Crippen molar-refractivity contribution in [3.63, 3.8) is 0 Å². The third-order valence-corrected chi connectivity index (χ3v) is 5.21. The average molecular weight is 382 g/mol. The summed E-state index contributed by atoms with van der Waals surface area (Å²) in [4.78, 5) is 4.72. The summed E-state index contributed by atoms with van der Waals surface area (Å²) in [5, 5.41) is 0. The average Bonchev–Trinajstić information content (AvgIpc) is 2.72. The van der Waals surface area contributed by atoms with E-state index in [0.717, 1.165) is 30.2 Å². The lowest BCUT2D eigenvalue weighted by molar-refractivity contribution is 0.480. The highest BCUT2D eigenvalue weighted by atomic mass is 16.5. The number of ether oxygens (including phenoxy) is 1. The number of rotatable bonds is 4. The van der Waals surface area contributed by atoms with Crippen LogP contribution in [0.2, 0.25) is 0 Å². The standard InChI is InChI=1S/C27H27NO/c1-27(2,3)22-10-12-23(13-11-22)29-24-14-15-25-21(19-24)17-18-28-26(25)16-9-20-7-5-4-6-8-20/h4-16,19H,17-18H2,1-3H3. The van der Waals surface area contributed by atoms with E-state index in [-0.39, 0.29) is 5.41 Å². The highest BCUT2D eigenvalue weighted by Crippen LogP contribution is 2.29. The molecule has 0 aliphatic carbocycles. The molecule has 3 aromatic rings. The van der Waals surface area contributed by atoms with E-state index in [4.69, 9.17) is 9.73 Å². The van der Waals surface area contributed by atoms with E-state index in [0.29, 0.717) is 0 Å². The zero-order valence-electron chi connectivity index (χ0n) is 17.4. The summed E-state index contributed by atoms with van der Waals surface area (Å²) in [6, 6.07) is 25.0. The second-order valence-corrected chi connectivity index (χ2v) is 8.46. The van der Waals surface area contributed by atoms with Crippen LogP contribution in [-0.4, -0.2) is 12.3 Å². The summed E-state index contributed by atoms with van der Waals surface area (Å²) < 4.78 is 6.12. The van der Waals surface area contributed by atoms with Gasteiger partial charge in [0.1, 0.15) is 11.5 Å². The zero-order valence-corrected chi connectivity index (χ0v) is 17.4. The number of nitrogens with zero attached hydrogens (tertiary/aromatic N) is 1. The summed E-state index contributed by atoms with van der Waals surface area (Å²) in [5.41, 5.74) is 6.15. The maximum absolute atomic E-state index is 6.12. The fraction of sp³-hybridized carbons (Fsp3) is 0.222. The van der Waals surface area contributed by atoms with E-state index in [9.17, 15) is 0 Å². The quantitative estimate of drug-likeness (QED) is 0.485. The molecule has 0 saturated carbocycles. The molecule has 0 N–H and O–H groups in total. The van der Waals surface area contributed by atoms with Gasteiger partial charge in [0.15, 0.2) is 0 Å². The van der Waals surface area contributed by atoms with Gasteiger partial charge in [-0.2, -0.15) is 0 Å². The van der Waals surface area contributed by atoms with Crippen LogP contribution in [0.5, 0.6) is 11.5 Å². The van der Waals surface area contributed by atoms with Crippen LogP contribution >= 0.6 is 0 Å². The van der Waals surface area contributed by atoms with Crippen LogP contribution in [-0.2, 0) is 11.8 Å². The van der Waals surface area contributed by atoms with Gasteiger partial charge in [-0.1, -0.05) is 69.3 Å². The van der Waals surface area contributed by atoms with Crippen molar-refractivity contribution in [1.29, 1.82) is 0 Å². The number of allylic oxidation sites excluding steroid dienone is 1. The predicted octanol–water partition coefficient (Wildman–Crippen LogP) is 6.84. The Labute approximate surface area is 173 Å². The summed E-state index contributed by atoms with van der Waals surface area (Å²) in [5.74, 6) is 1.74. The summed E-state index contributed by atoms with van der Waals surface area (Å²) in [7, 11) is 0. The van der Waals surface area contributed by atoms with Gasteiger partial charge in [0.25, 0.3) is 0 Å². The van der Waals surface area contributed by atoms with Crippen molar-refractivity contribution in [2.45, 2.75) is 32.6 Å². The lowest BCUT2D eigenvalue weighted by Gasteiger charge is -2.19. The van der Waals surface area contributed by atoms with Crippen molar-refractivity contribution >= 4 is 11.8 Å². The molecule has 1 aliphatic heterocycles. The molecule has 0 aromatic heterocycles. The van der Waals surface area contributed by atoms with Gasteiger partial charge in [-0.05, 0) is 64.9 Å². The van der Waals surface area contributed by atoms with Crippen LogP contribution < -0.4 is 4.74 Å². The Balaban J connectivity index is 1.52. The second kappa shape index (κ2) is 8.08. The van der Waals surface area contributed by atoms with Gasteiger partial charge in [-0.15, -0.1) is 0 Å². The van der Waals surface area contributed by atoms with Crippen LogP contribution in [0.15, 0.2) is 83.9 Å². The number of hydrogen-bond acceptors (Lipinski definition) is 2. The second-order valence-electron chi connectivity index (χ2n) is 8.46. The Morgan fingerprint density at radius 3 is 2.28 bits per heavy atom. The molecule has 4 rings (SSSR count). The fourth-order valence-corrected chi connectivity index (χ4v) is 3.51. The monoisotopic (exact) mass is 381 g/mol. The van der Waals surface area contributed by atoms with Crippen LogP contribution in [0.1, 0.15) is 43.0 Å². The van der Waals surface area contributed by atoms with Gasteiger partial charge in [-0.3, -0.25) is 4.99 Å². The minimum atomic E-state index is 0.146. The van der Waals surface area contributed by atoms with Crippen molar-refractivity contribution in [2.24, 2.45) is 4.99 Å². The molecule has 3 aromatic carbocycles. The van der Waals surface area contributed by atoms with Crippen molar-refractivity contribution in [1.82, 2.24) is 0 Å². The maximum atomic E-state index is 6.12. The number of hydrogen-bond donors (Lipinski definition) is 0. The van der Waals surface area contributed by atoms with E-state index < -0.39 is 0 Å². The first kappa shape index (κ1) is 19.2. The van der Waals surface area contributed by atoms with Gasteiger partial charge >= 0.3 is 0 Å². The first-order valence-corrected chi connectivity index (χ1v) is 10.2. The molecule has 0 amide bonds. The third-order valence-electron chi connectivity index (χ3n) is 5.21. The van der Waals surface area contributed by atoms with E-state index >= 15 is 0 Å². The van der Waals surface area contributed by atoms with E-state index in [1.165, 1.54) is 22.3 Å². The van der Waals surface area contributed by atoms with E-state index in [1.54, 1.807) is 0 Å². The molecular weight excluding hydrogens is 354 g/mol. The highest BCUT2D eigenvalue weighted by molar-refractivity contribution is 6.12. The molecule has 146 valence electrons. The molecule has 0 fully saturated rings. The predicted molar refractivity (Wildman–Crippen MR) is 122 cm³/mol. The van der Waals surface area contributed by atoms with Crippen LogP contribution in [0.3, 0.4) is 0 Å². The molecule has 0 saturated heterocycles. The Morgan fingerprint density at radius 2 is 1.55 bits per heavy atom. The Hall–Kier alpha value is -3.13. The molecule has 2 nitrogen and oxygen atoms in total. The molecule has 0 unspecified atom stereocenters. The molecule has 2 heteroatoms. The molecule has 0 bridgehead atoms. The van der Waals surface area contributed by atoms with Crippen molar-refractivity contribution in [2.75, 3.05) is 6.54 Å². The van der Waals surface area contributed by atoms with Gasteiger partial charge in [0.05, 0.1) is 5.71 Å². The maximum Gasteiger partial charge on any atom is 0.127 e. The molecule has 29 heavy (non-hydrogen) atoms. The van der Waals surface area contributed by atoms with Gasteiger partial charge < -0.3 is 4.74 Å². The molecule has 0 atom stereocenters. The number of benzene rings is 3. The van der Waals surface area contributed by atoms with Crippen molar-refractivity contribution < 1.29 is 4.74 Å². The fourth-order valence-electron chi connectivity index (χ4n) is 3.51. The first-order chi connectivity index (χ1) is 14.0. The van der Waals surface area contributed by atoms with Crippen LogP contribution in [0.4, 0.5) is 0 Å². The Bertz CT molecular complexity index is 1040. The molecule has 0 radical (unpaired) electrons.